The predicted molar refractivity (Wildman–Crippen MR) is 176 cm³/mol. The molecule has 1 amide bonds. The van der Waals surface area contributed by atoms with Crippen LogP contribution in [0.3, 0.4) is 0 Å². The molecule has 4 aromatic rings. The van der Waals surface area contributed by atoms with E-state index in [4.69, 9.17) is 31.6 Å². The molecular weight excluding hydrogens is 674 g/mol. The number of ether oxygens (including phenoxy) is 2. The zero-order valence-electron chi connectivity index (χ0n) is 25.9. The Labute approximate surface area is 282 Å². The summed E-state index contributed by atoms with van der Waals surface area (Å²) >= 11 is 7.75. The summed E-state index contributed by atoms with van der Waals surface area (Å²) in [6.07, 6.45) is 1.66. The number of thiophene rings is 1. The lowest BCUT2D eigenvalue weighted by molar-refractivity contribution is -0.109. The zero-order valence-corrected chi connectivity index (χ0v) is 27.5. The molecule has 2 aromatic carbocycles. The van der Waals surface area contributed by atoms with E-state index >= 15 is 4.39 Å². The Bertz CT molecular complexity index is 1910. The number of hydrogen-bond donors (Lipinski definition) is 2. The smallest absolute Gasteiger partial charge is 0.319 e. The Morgan fingerprint density at radius 3 is 2.62 bits per heavy atom. The molecule has 10 nitrogen and oxygen atoms in total. The van der Waals surface area contributed by atoms with E-state index in [-0.39, 0.29) is 90.5 Å². The van der Waals surface area contributed by atoms with Gasteiger partial charge in [0.05, 0.1) is 32.8 Å². The highest BCUT2D eigenvalue weighted by atomic mass is 35.5. The normalized spacial score (nSPS) is 16.7. The van der Waals surface area contributed by atoms with E-state index in [2.05, 4.69) is 20.2 Å². The van der Waals surface area contributed by atoms with Gasteiger partial charge in [-0.2, -0.15) is 15.2 Å². The van der Waals surface area contributed by atoms with Crippen LogP contribution in [0.4, 0.5) is 28.4 Å². The van der Waals surface area contributed by atoms with Crippen molar-refractivity contribution in [3.8, 4) is 29.0 Å². The van der Waals surface area contributed by atoms with Crippen molar-refractivity contribution < 1.29 is 31.8 Å². The van der Waals surface area contributed by atoms with Crippen LogP contribution in [0.1, 0.15) is 37.7 Å². The molecule has 0 bridgehead atoms. The molecule has 16 heteroatoms. The fraction of sp³-hybridized carbons (Fsp3) is 0.438. The van der Waals surface area contributed by atoms with E-state index in [1.165, 1.54) is 6.07 Å². The van der Waals surface area contributed by atoms with E-state index in [1.807, 2.05) is 6.07 Å². The second-order valence-corrected chi connectivity index (χ2v) is 13.2. The van der Waals surface area contributed by atoms with Crippen LogP contribution in [-0.4, -0.2) is 79.7 Å². The van der Waals surface area contributed by atoms with Gasteiger partial charge in [0.2, 0.25) is 12.8 Å². The first-order valence-corrected chi connectivity index (χ1v) is 16.6. The van der Waals surface area contributed by atoms with E-state index in [1.54, 1.807) is 11.9 Å². The Kier molecular flexibility index (Phi) is 9.69. The molecule has 0 radical (unpaired) electrons. The standard InChI is InChI=1S/C30H27ClF4N6O2S.C2H5NO/c31-22-20(15-3-4-17(32)26-19(15)16(13-36)27(37)44-26)23(35)24-21-25(22)42-12-11-40(10-5-18(33)34)28(21)39-29(38-24)43-14-30-6-1-8-41(30)9-2-7-30;1-3-2-4/h3-4,18H,1-2,5-12,14,37H2;2H,1H3,(H,3,4). The first kappa shape index (κ1) is 33.8. The molecule has 3 N–H and O–H groups in total. The van der Waals surface area contributed by atoms with Crippen molar-refractivity contribution in [2.45, 2.75) is 44.1 Å². The van der Waals surface area contributed by atoms with Crippen LogP contribution in [0.25, 0.3) is 32.1 Å². The number of nitrogen functional groups attached to an aromatic ring is 1. The van der Waals surface area contributed by atoms with E-state index in [0.717, 1.165) is 56.2 Å². The molecule has 7 rings (SSSR count). The van der Waals surface area contributed by atoms with Crippen LogP contribution in [0.2, 0.25) is 5.02 Å². The molecule has 2 saturated heterocycles. The minimum atomic E-state index is -2.56. The predicted octanol–water partition coefficient (Wildman–Crippen LogP) is 6.12. The van der Waals surface area contributed by atoms with Crippen molar-refractivity contribution in [2.24, 2.45) is 0 Å². The summed E-state index contributed by atoms with van der Waals surface area (Å²) in [7, 11) is 1.56. The van der Waals surface area contributed by atoms with Crippen molar-refractivity contribution in [3.05, 3.63) is 34.4 Å². The number of carbonyl (C=O) groups is 1. The van der Waals surface area contributed by atoms with Crippen molar-refractivity contribution in [3.63, 3.8) is 0 Å². The maximum Gasteiger partial charge on any atom is 0.319 e. The maximum absolute atomic E-state index is 16.9. The second-order valence-electron chi connectivity index (χ2n) is 11.8. The average molecular weight is 706 g/mol. The topological polar surface area (TPSA) is 130 Å². The van der Waals surface area contributed by atoms with Gasteiger partial charge in [0.15, 0.2) is 11.6 Å². The van der Waals surface area contributed by atoms with Crippen molar-refractivity contribution in [1.82, 2.24) is 20.2 Å². The number of nitrogens with two attached hydrogens (primary N) is 1. The number of aromatic nitrogens is 2. The molecule has 0 saturated carbocycles. The molecule has 2 fully saturated rings. The number of nitriles is 1. The first-order chi connectivity index (χ1) is 23.1. The Morgan fingerprint density at radius 2 is 1.96 bits per heavy atom. The number of carbonyl (C=O) groups excluding carboxylic acids is 1. The number of alkyl halides is 2. The summed E-state index contributed by atoms with van der Waals surface area (Å²) in [6.45, 7) is 2.42. The quantitative estimate of drug-likeness (QED) is 0.165. The summed E-state index contributed by atoms with van der Waals surface area (Å²) in [5.74, 6) is -1.24. The molecule has 3 aliphatic heterocycles. The number of halogens is 5. The third-order valence-corrected chi connectivity index (χ3v) is 10.5. The molecule has 254 valence electrons. The lowest BCUT2D eigenvalue weighted by atomic mass is 9.95. The summed E-state index contributed by atoms with van der Waals surface area (Å²) in [5.41, 5.74) is 5.70. The monoisotopic (exact) mass is 705 g/mol. The Hall–Kier alpha value is -4.13. The van der Waals surface area contributed by atoms with Crippen LogP contribution < -0.4 is 25.4 Å². The van der Waals surface area contributed by atoms with Gasteiger partial charge in [-0.1, -0.05) is 17.7 Å². The van der Waals surface area contributed by atoms with Gasteiger partial charge in [-0.25, -0.2) is 17.6 Å². The van der Waals surface area contributed by atoms with Gasteiger partial charge in [0.25, 0.3) is 0 Å². The van der Waals surface area contributed by atoms with E-state index in [9.17, 15) is 18.4 Å². The van der Waals surface area contributed by atoms with Crippen molar-refractivity contribution in [2.75, 3.05) is 57.1 Å². The number of rotatable bonds is 8. The summed E-state index contributed by atoms with van der Waals surface area (Å²) < 4.78 is 70.6. The second kappa shape index (κ2) is 13.8. The molecule has 48 heavy (non-hydrogen) atoms. The third kappa shape index (κ3) is 5.90. The number of nitrogens with zero attached hydrogens (tertiary/aromatic N) is 5. The van der Waals surface area contributed by atoms with Crippen molar-refractivity contribution >= 4 is 61.2 Å². The van der Waals surface area contributed by atoms with Gasteiger partial charge in [0, 0.05) is 31.0 Å². The minimum absolute atomic E-state index is 0.00404. The lowest BCUT2D eigenvalue weighted by Crippen LogP contribution is -2.43. The van der Waals surface area contributed by atoms with Crippen LogP contribution in [0.5, 0.6) is 11.8 Å². The molecule has 2 aromatic heterocycles. The minimum Gasteiger partial charge on any atom is -0.489 e. The van der Waals surface area contributed by atoms with Gasteiger partial charge in [-0.15, -0.1) is 11.3 Å². The summed E-state index contributed by atoms with van der Waals surface area (Å²) in [6, 6.07) is 4.40. The van der Waals surface area contributed by atoms with E-state index in [0.29, 0.717) is 13.0 Å². The number of fused-ring (bicyclic) bond motifs is 2. The third-order valence-electron chi connectivity index (χ3n) is 9.07. The Morgan fingerprint density at radius 1 is 1.23 bits per heavy atom. The molecule has 0 atom stereocenters. The summed E-state index contributed by atoms with van der Waals surface area (Å²) in [5, 5.41) is 12.3. The van der Waals surface area contributed by atoms with E-state index < -0.39 is 24.5 Å². The number of benzene rings is 2. The number of nitrogens with one attached hydrogen (secondary N) is 1. The average Bonchev–Trinajstić information content (AvgIpc) is 3.72. The van der Waals surface area contributed by atoms with Gasteiger partial charge in [-0.05, 0) is 50.4 Å². The van der Waals surface area contributed by atoms with Gasteiger partial charge >= 0.3 is 6.01 Å². The molecule has 3 aliphatic rings. The maximum atomic E-state index is 16.9. The van der Waals surface area contributed by atoms with Crippen LogP contribution in [0, 0.1) is 23.0 Å². The fourth-order valence-corrected chi connectivity index (χ4v) is 8.19. The van der Waals surface area contributed by atoms with Crippen molar-refractivity contribution in [1.29, 1.82) is 5.26 Å². The van der Waals surface area contributed by atoms with Gasteiger partial charge in [0.1, 0.15) is 41.4 Å². The SMILES string of the molecule is CNC=O.N#Cc1c(N)sc2c(F)ccc(-c3c(Cl)c4c5c(nc(OCC67CCCN6CCC7)nc5c3F)N(CCC(F)F)CCO4)c12. The molecule has 5 heterocycles. The van der Waals surface area contributed by atoms with Crippen LogP contribution in [-0.2, 0) is 4.79 Å². The highest BCUT2D eigenvalue weighted by Gasteiger charge is 2.45. The highest BCUT2D eigenvalue weighted by Crippen LogP contribution is 2.51. The number of hydrogen-bond acceptors (Lipinski definition) is 10. The first-order valence-electron chi connectivity index (χ1n) is 15.4. The molecular formula is C32H32ClF4N7O3S. The number of amides is 1. The summed E-state index contributed by atoms with van der Waals surface area (Å²) in [4.78, 5) is 22.2. The fourth-order valence-electron chi connectivity index (χ4n) is 6.90. The molecule has 0 spiro atoms. The van der Waals surface area contributed by atoms with Crippen LogP contribution in [0.15, 0.2) is 12.1 Å². The highest BCUT2D eigenvalue weighted by molar-refractivity contribution is 7.23. The van der Waals surface area contributed by atoms with Crippen LogP contribution >= 0.6 is 22.9 Å². The Balaban J connectivity index is 0.000000952. The zero-order chi connectivity index (χ0) is 34.2. The molecule has 0 unspecified atom stereocenters. The van der Waals surface area contributed by atoms with Gasteiger partial charge < -0.3 is 25.4 Å². The lowest BCUT2D eigenvalue weighted by Gasteiger charge is -2.31. The molecule has 0 aliphatic carbocycles. The number of anilines is 2. The van der Waals surface area contributed by atoms with Gasteiger partial charge in [-0.3, -0.25) is 9.69 Å². The largest absolute Gasteiger partial charge is 0.489 e.